The third-order valence-corrected chi connectivity index (χ3v) is 8.91. The van der Waals surface area contributed by atoms with Gasteiger partial charge in [-0.1, -0.05) is 24.3 Å². The SMILES string of the molecule is CCOC(=O)C(C)(C)Oc1ccc(SCC2(C34NN(c5ccc(C(F)(F)F)cc5)C(O3)N4C)C=CC=CC2)cc1C. The van der Waals surface area contributed by atoms with Gasteiger partial charge in [-0.3, -0.25) is 5.01 Å². The number of fused-ring (bicyclic) bond motifs is 1. The van der Waals surface area contributed by atoms with Gasteiger partial charge in [0.25, 0.3) is 0 Å². The maximum absolute atomic E-state index is 13.1. The zero-order chi connectivity index (χ0) is 29.6. The number of hydrazine groups is 1. The van der Waals surface area contributed by atoms with Crippen LogP contribution in [-0.4, -0.2) is 48.1 Å². The number of allylic oxidation sites excluding steroid dienone is 3. The highest BCUT2D eigenvalue weighted by Gasteiger charge is 2.70. The van der Waals surface area contributed by atoms with E-state index in [4.69, 9.17) is 14.2 Å². The van der Waals surface area contributed by atoms with E-state index in [-0.39, 0.29) is 6.61 Å². The van der Waals surface area contributed by atoms with E-state index in [1.54, 1.807) is 37.5 Å². The third-order valence-electron chi connectivity index (χ3n) is 7.66. The van der Waals surface area contributed by atoms with E-state index in [0.717, 1.165) is 22.6 Å². The topological polar surface area (TPSA) is 63.3 Å². The van der Waals surface area contributed by atoms with E-state index in [0.29, 0.717) is 23.6 Å². The highest BCUT2D eigenvalue weighted by molar-refractivity contribution is 7.99. The predicted octanol–water partition coefficient (Wildman–Crippen LogP) is 6.25. The molecule has 1 N–H and O–H groups in total. The van der Waals surface area contributed by atoms with Gasteiger partial charge in [0, 0.05) is 10.6 Å². The molecule has 3 heterocycles. The van der Waals surface area contributed by atoms with Crippen molar-refractivity contribution in [1.29, 1.82) is 0 Å². The monoisotopic (exact) mass is 589 g/mol. The van der Waals surface area contributed by atoms with Crippen molar-refractivity contribution in [3.63, 3.8) is 0 Å². The minimum absolute atomic E-state index is 0.281. The molecular weight excluding hydrogens is 555 g/mol. The fourth-order valence-corrected chi connectivity index (χ4v) is 6.59. The van der Waals surface area contributed by atoms with Gasteiger partial charge in [0.15, 0.2) is 5.60 Å². The second-order valence-electron chi connectivity index (χ2n) is 10.9. The molecule has 6 rings (SSSR count). The fourth-order valence-electron chi connectivity index (χ4n) is 5.33. The highest BCUT2D eigenvalue weighted by atomic mass is 32.2. The van der Waals surface area contributed by atoms with E-state index in [2.05, 4.69) is 22.5 Å². The molecule has 11 heteroatoms. The highest BCUT2D eigenvalue weighted by Crippen LogP contribution is 2.55. The summed E-state index contributed by atoms with van der Waals surface area (Å²) in [6.07, 6.45) is 4.10. The number of aryl methyl sites for hydroxylation is 1. The van der Waals surface area contributed by atoms with Crippen LogP contribution in [0.1, 0.15) is 38.3 Å². The zero-order valence-corrected chi connectivity index (χ0v) is 24.4. The Kier molecular flexibility index (Phi) is 7.69. The number of rotatable bonds is 9. The normalized spacial score (nSPS) is 25.8. The second-order valence-corrected chi connectivity index (χ2v) is 12.0. The number of halogens is 3. The van der Waals surface area contributed by atoms with Gasteiger partial charge in [0.05, 0.1) is 23.3 Å². The number of ether oxygens (including phenoxy) is 3. The number of esters is 1. The quantitative estimate of drug-likeness (QED) is 0.272. The number of thioether (sulfide) groups is 1. The lowest BCUT2D eigenvalue weighted by Crippen LogP contribution is -2.72. The molecule has 220 valence electrons. The second kappa shape index (κ2) is 10.7. The van der Waals surface area contributed by atoms with Crippen LogP contribution in [0.2, 0.25) is 0 Å². The maximum atomic E-state index is 13.1. The van der Waals surface area contributed by atoms with Crippen molar-refractivity contribution in [3.05, 3.63) is 77.9 Å². The van der Waals surface area contributed by atoms with Crippen molar-refractivity contribution in [2.75, 3.05) is 24.4 Å². The number of hydrogen-bond donors (Lipinski definition) is 1. The summed E-state index contributed by atoms with van der Waals surface area (Å²) in [6, 6.07) is 10.9. The summed E-state index contributed by atoms with van der Waals surface area (Å²) in [4.78, 5) is 15.4. The lowest BCUT2D eigenvalue weighted by molar-refractivity contribution is -0.341. The van der Waals surface area contributed by atoms with Gasteiger partial charge in [-0.2, -0.15) is 18.6 Å². The van der Waals surface area contributed by atoms with Gasteiger partial charge < -0.3 is 14.2 Å². The van der Waals surface area contributed by atoms with Gasteiger partial charge in [-0.05, 0) is 89.2 Å². The number of anilines is 1. The molecule has 41 heavy (non-hydrogen) atoms. The smallest absolute Gasteiger partial charge is 0.416 e. The summed E-state index contributed by atoms with van der Waals surface area (Å²) in [7, 11) is 1.95. The van der Waals surface area contributed by atoms with Gasteiger partial charge in [0.2, 0.25) is 12.2 Å². The van der Waals surface area contributed by atoms with Crippen LogP contribution in [-0.2, 0) is 20.4 Å². The lowest BCUT2D eigenvalue weighted by Gasteiger charge is -2.55. The van der Waals surface area contributed by atoms with Crippen molar-refractivity contribution < 1.29 is 32.2 Å². The number of alkyl halides is 3. The van der Waals surface area contributed by atoms with E-state index in [9.17, 15) is 18.0 Å². The van der Waals surface area contributed by atoms with E-state index in [1.165, 1.54) is 12.1 Å². The minimum atomic E-state index is -4.39. The van der Waals surface area contributed by atoms with Crippen LogP contribution in [0.4, 0.5) is 18.9 Å². The number of benzene rings is 2. The number of carbonyl (C=O) groups is 1. The third kappa shape index (κ3) is 5.24. The van der Waals surface area contributed by atoms with Gasteiger partial charge in [0.1, 0.15) is 5.75 Å². The molecule has 3 fully saturated rings. The Labute approximate surface area is 242 Å². The molecule has 3 saturated heterocycles. The van der Waals surface area contributed by atoms with Gasteiger partial charge >= 0.3 is 12.1 Å². The average Bonchev–Trinajstić information content (AvgIpc) is 3.49. The number of nitrogens with one attached hydrogen (secondary N) is 1. The first kappa shape index (κ1) is 29.5. The first-order valence-corrected chi connectivity index (χ1v) is 14.4. The molecule has 2 bridgehead atoms. The molecule has 3 aliphatic heterocycles. The summed E-state index contributed by atoms with van der Waals surface area (Å²) in [5.41, 5.74) is 2.66. The Morgan fingerprint density at radius 2 is 1.90 bits per heavy atom. The van der Waals surface area contributed by atoms with Crippen LogP contribution in [0, 0.1) is 12.3 Å². The number of carbonyl (C=O) groups excluding carboxylic acids is 1. The molecule has 0 radical (unpaired) electrons. The fraction of sp³-hybridized carbons (Fsp3) is 0.433. The van der Waals surface area contributed by atoms with E-state index in [1.807, 2.05) is 44.3 Å². The number of nitrogens with zero attached hydrogens (tertiary/aromatic N) is 2. The first-order chi connectivity index (χ1) is 19.3. The minimum Gasteiger partial charge on any atom is -0.476 e. The summed E-state index contributed by atoms with van der Waals surface area (Å²) in [5.74, 6) is -0.0346. The van der Waals surface area contributed by atoms with E-state index < -0.39 is 40.9 Å². The Morgan fingerprint density at radius 3 is 2.49 bits per heavy atom. The Bertz CT molecular complexity index is 1360. The van der Waals surface area contributed by atoms with Crippen molar-refractivity contribution >= 4 is 23.4 Å². The summed E-state index contributed by atoms with van der Waals surface area (Å²) < 4.78 is 56.9. The summed E-state index contributed by atoms with van der Waals surface area (Å²) >= 11 is 1.67. The largest absolute Gasteiger partial charge is 0.476 e. The molecule has 0 aromatic heterocycles. The molecule has 7 nitrogen and oxygen atoms in total. The lowest BCUT2D eigenvalue weighted by atomic mass is 9.76. The molecule has 3 atom stereocenters. The maximum Gasteiger partial charge on any atom is 0.416 e. The molecule has 0 saturated carbocycles. The van der Waals surface area contributed by atoms with Crippen LogP contribution in [0.5, 0.6) is 5.75 Å². The Balaban J connectivity index is 1.33. The first-order valence-electron chi connectivity index (χ1n) is 13.4. The van der Waals surface area contributed by atoms with Crippen molar-refractivity contribution in [3.8, 4) is 5.75 Å². The molecule has 0 amide bonds. The van der Waals surface area contributed by atoms with Crippen molar-refractivity contribution in [2.45, 2.75) is 63.0 Å². The molecular formula is C30H34F3N3O4S. The van der Waals surface area contributed by atoms with Gasteiger partial charge in [-0.15, -0.1) is 11.8 Å². The van der Waals surface area contributed by atoms with Crippen LogP contribution in [0.15, 0.2) is 71.7 Å². The standard InChI is InChI=1S/C30H34F3N3O4S/c1-6-38-25(37)27(3,4)39-24-15-14-23(18-20(24)2)41-19-28(16-8-7-9-17-28)30-34-36(26(40-30)35(30)5)22-12-10-21(11-13-22)29(31,32)33/h7-16,18,26,34H,6,17,19H2,1-5H3. The van der Waals surface area contributed by atoms with Crippen LogP contribution < -0.4 is 15.2 Å². The zero-order valence-electron chi connectivity index (χ0n) is 23.6. The Morgan fingerprint density at radius 1 is 1.17 bits per heavy atom. The summed E-state index contributed by atoms with van der Waals surface area (Å²) in [5, 5.41) is 1.78. The molecule has 2 aromatic carbocycles. The molecule has 2 aromatic rings. The molecule has 0 spiro atoms. The Hall–Kier alpha value is -2.99. The molecule has 1 aliphatic carbocycles. The van der Waals surface area contributed by atoms with Crippen LogP contribution in [0.3, 0.4) is 0 Å². The molecule has 3 unspecified atom stereocenters. The van der Waals surface area contributed by atoms with E-state index >= 15 is 0 Å². The van der Waals surface area contributed by atoms with Gasteiger partial charge in [-0.25, -0.2) is 9.69 Å². The average molecular weight is 590 g/mol. The molecule has 4 aliphatic rings. The predicted molar refractivity (Wildman–Crippen MR) is 151 cm³/mol. The number of hydrogen-bond acceptors (Lipinski definition) is 8. The van der Waals surface area contributed by atoms with Crippen molar-refractivity contribution in [2.24, 2.45) is 5.41 Å². The van der Waals surface area contributed by atoms with Crippen LogP contribution in [0.25, 0.3) is 0 Å². The van der Waals surface area contributed by atoms with Crippen molar-refractivity contribution in [1.82, 2.24) is 10.3 Å². The summed E-state index contributed by atoms with van der Waals surface area (Å²) in [6.45, 7) is 7.35. The van der Waals surface area contributed by atoms with Crippen LogP contribution >= 0.6 is 11.8 Å².